The third-order valence-electron chi connectivity index (χ3n) is 2.23. The minimum Gasteiger partial charge on any atom is -0.383 e. The average molecular weight is 253 g/mol. The van der Waals surface area contributed by atoms with E-state index in [9.17, 15) is 14.9 Å². The predicted molar refractivity (Wildman–Crippen MR) is 66.3 cm³/mol. The normalized spacial score (nSPS) is 10.1. The SMILES string of the molecule is Cc1cc([N+](=O)[O-])ccc1NCCOCC(N)=O. The molecule has 0 bridgehead atoms. The van der Waals surface area contributed by atoms with Gasteiger partial charge >= 0.3 is 0 Å². The molecule has 7 nitrogen and oxygen atoms in total. The molecule has 0 heterocycles. The van der Waals surface area contributed by atoms with Gasteiger partial charge in [0.2, 0.25) is 5.91 Å². The Morgan fingerprint density at radius 2 is 2.28 bits per heavy atom. The fraction of sp³-hybridized carbons (Fsp3) is 0.364. The highest BCUT2D eigenvalue weighted by atomic mass is 16.6. The highest BCUT2D eigenvalue weighted by molar-refractivity contribution is 5.74. The van der Waals surface area contributed by atoms with Crippen LogP contribution in [0.25, 0.3) is 0 Å². The minimum atomic E-state index is -0.512. The van der Waals surface area contributed by atoms with Gasteiger partial charge in [-0.1, -0.05) is 0 Å². The summed E-state index contributed by atoms with van der Waals surface area (Å²) >= 11 is 0. The summed E-state index contributed by atoms with van der Waals surface area (Å²) in [7, 11) is 0. The van der Waals surface area contributed by atoms with Gasteiger partial charge in [0, 0.05) is 24.4 Å². The van der Waals surface area contributed by atoms with Crippen LogP contribution in [0, 0.1) is 17.0 Å². The summed E-state index contributed by atoms with van der Waals surface area (Å²) in [5.74, 6) is -0.512. The van der Waals surface area contributed by atoms with Crippen LogP contribution in [0.3, 0.4) is 0 Å². The van der Waals surface area contributed by atoms with Crippen LogP contribution in [0.4, 0.5) is 11.4 Å². The summed E-state index contributed by atoms with van der Waals surface area (Å²) in [4.78, 5) is 20.5. The molecule has 18 heavy (non-hydrogen) atoms. The number of nitro groups is 1. The lowest BCUT2D eigenvalue weighted by atomic mass is 10.2. The molecule has 0 fully saturated rings. The van der Waals surface area contributed by atoms with Gasteiger partial charge in [0.05, 0.1) is 11.5 Å². The molecule has 0 atom stereocenters. The Labute approximate surface area is 104 Å². The van der Waals surface area contributed by atoms with Crippen molar-refractivity contribution in [2.45, 2.75) is 6.92 Å². The highest BCUT2D eigenvalue weighted by Gasteiger charge is 2.07. The molecular weight excluding hydrogens is 238 g/mol. The number of rotatable bonds is 7. The van der Waals surface area contributed by atoms with E-state index >= 15 is 0 Å². The number of nitro benzene ring substituents is 1. The van der Waals surface area contributed by atoms with Gasteiger partial charge in [0.15, 0.2) is 0 Å². The quantitative estimate of drug-likeness (QED) is 0.425. The highest BCUT2D eigenvalue weighted by Crippen LogP contribution is 2.20. The van der Waals surface area contributed by atoms with Gasteiger partial charge in [-0.05, 0) is 18.6 Å². The first kappa shape index (κ1) is 13.9. The van der Waals surface area contributed by atoms with Crippen molar-refractivity contribution >= 4 is 17.3 Å². The second-order valence-electron chi connectivity index (χ2n) is 3.70. The van der Waals surface area contributed by atoms with Crippen molar-refractivity contribution in [1.82, 2.24) is 0 Å². The Hall–Kier alpha value is -2.15. The van der Waals surface area contributed by atoms with Gasteiger partial charge in [-0.3, -0.25) is 14.9 Å². The van der Waals surface area contributed by atoms with E-state index in [0.717, 1.165) is 11.3 Å². The van der Waals surface area contributed by atoms with Gasteiger partial charge in [0.25, 0.3) is 5.69 Å². The van der Waals surface area contributed by atoms with Gasteiger partial charge in [-0.15, -0.1) is 0 Å². The maximum absolute atomic E-state index is 10.5. The Morgan fingerprint density at radius 3 is 2.83 bits per heavy atom. The summed E-state index contributed by atoms with van der Waals surface area (Å²) < 4.78 is 4.97. The largest absolute Gasteiger partial charge is 0.383 e. The molecule has 0 saturated carbocycles. The number of anilines is 1. The average Bonchev–Trinajstić information content (AvgIpc) is 2.29. The van der Waals surface area contributed by atoms with Crippen molar-refractivity contribution in [2.75, 3.05) is 25.1 Å². The molecular formula is C11H15N3O4. The fourth-order valence-electron chi connectivity index (χ4n) is 1.39. The number of nitrogens with zero attached hydrogens (tertiary/aromatic N) is 1. The van der Waals surface area contributed by atoms with E-state index in [2.05, 4.69) is 5.32 Å². The first-order chi connectivity index (χ1) is 8.50. The maximum atomic E-state index is 10.5. The number of nitrogens with two attached hydrogens (primary N) is 1. The van der Waals surface area contributed by atoms with Crippen LogP contribution in [0.15, 0.2) is 18.2 Å². The van der Waals surface area contributed by atoms with E-state index < -0.39 is 10.8 Å². The number of carbonyl (C=O) groups excluding carboxylic acids is 1. The third-order valence-corrected chi connectivity index (χ3v) is 2.23. The molecule has 0 unspecified atom stereocenters. The third kappa shape index (κ3) is 4.38. The standard InChI is InChI=1S/C11H15N3O4/c1-8-6-9(14(16)17)2-3-10(8)13-4-5-18-7-11(12)15/h2-3,6,13H,4-5,7H2,1H3,(H2,12,15). The van der Waals surface area contributed by atoms with Crippen molar-refractivity contribution in [3.8, 4) is 0 Å². The van der Waals surface area contributed by atoms with Crippen molar-refractivity contribution < 1.29 is 14.5 Å². The number of carbonyl (C=O) groups is 1. The van der Waals surface area contributed by atoms with Crippen LogP contribution in [0.1, 0.15) is 5.56 Å². The summed E-state index contributed by atoms with van der Waals surface area (Å²) in [6.07, 6.45) is 0. The van der Waals surface area contributed by atoms with Gasteiger partial charge < -0.3 is 15.8 Å². The summed E-state index contributed by atoms with van der Waals surface area (Å²) in [6, 6.07) is 4.56. The van der Waals surface area contributed by atoms with Crippen LogP contribution in [-0.2, 0) is 9.53 Å². The van der Waals surface area contributed by atoms with Gasteiger partial charge in [-0.2, -0.15) is 0 Å². The van der Waals surface area contributed by atoms with Crippen molar-refractivity contribution in [3.05, 3.63) is 33.9 Å². The number of hydrogen-bond donors (Lipinski definition) is 2. The van der Waals surface area contributed by atoms with E-state index in [1.54, 1.807) is 13.0 Å². The van der Waals surface area contributed by atoms with Gasteiger partial charge in [-0.25, -0.2) is 0 Å². The van der Waals surface area contributed by atoms with E-state index in [0.29, 0.717) is 13.2 Å². The molecule has 0 aromatic heterocycles. The number of non-ortho nitro benzene ring substituents is 1. The van der Waals surface area contributed by atoms with Crippen molar-refractivity contribution in [3.63, 3.8) is 0 Å². The zero-order valence-electron chi connectivity index (χ0n) is 10.0. The Morgan fingerprint density at radius 1 is 1.56 bits per heavy atom. The molecule has 1 aromatic rings. The Kier molecular flexibility index (Phi) is 5.06. The lowest BCUT2D eigenvalue weighted by Crippen LogP contribution is -2.20. The molecule has 0 saturated heterocycles. The lowest BCUT2D eigenvalue weighted by molar-refractivity contribution is -0.384. The molecule has 3 N–H and O–H groups in total. The molecule has 0 aliphatic rings. The molecule has 0 aliphatic heterocycles. The molecule has 1 rings (SSSR count). The lowest BCUT2D eigenvalue weighted by Gasteiger charge is -2.09. The monoisotopic (exact) mass is 253 g/mol. The molecule has 98 valence electrons. The zero-order chi connectivity index (χ0) is 13.5. The number of benzene rings is 1. The van der Waals surface area contributed by atoms with Crippen LogP contribution < -0.4 is 11.1 Å². The zero-order valence-corrected chi connectivity index (χ0v) is 10.0. The number of hydrogen-bond acceptors (Lipinski definition) is 5. The number of aryl methyl sites for hydroxylation is 1. The number of ether oxygens (including phenoxy) is 1. The van der Waals surface area contributed by atoms with E-state index in [1.165, 1.54) is 12.1 Å². The molecule has 1 amide bonds. The van der Waals surface area contributed by atoms with Crippen LogP contribution in [0.5, 0.6) is 0 Å². The summed E-state index contributed by atoms with van der Waals surface area (Å²) in [5.41, 5.74) is 6.54. The van der Waals surface area contributed by atoms with E-state index in [4.69, 9.17) is 10.5 Å². The Bertz CT molecular complexity index is 448. The van der Waals surface area contributed by atoms with Gasteiger partial charge in [0.1, 0.15) is 6.61 Å². The molecule has 1 aromatic carbocycles. The smallest absolute Gasteiger partial charge is 0.269 e. The predicted octanol–water partition coefficient (Wildman–Crippen LogP) is 0.817. The van der Waals surface area contributed by atoms with Crippen LogP contribution >= 0.6 is 0 Å². The van der Waals surface area contributed by atoms with E-state index in [1.807, 2.05) is 0 Å². The summed E-state index contributed by atoms with van der Waals surface area (Å²) in [5, 5.41) is 13.6. The van der Waals surface area contributed by atoms with Crippen molar-refractivity contribution in [1.29, 1.82) is 0 Å². The fourth-order valence-corrected chi connectivity index (χ4v) is 1.39. The second kappa shape index (κ2) is 6.55. The minimum absolute atomic E-state index is 0.0584. The first-order valence-corrected chi connectivity index (χ1v) is 5.35. The first-order valence-electron chi connectivity index (χ1n) is 5.35. The molecule has 7 heteroatoms. The number of primary amides is 1. The number of nitrogens with one attached hydrogen (secondary N) is 1. The Balaban J connectivity index is 2.43. The topological polar surface area (TPSA) is 107 Å². The van der Waals surface area contributed by atoms with Crippen LogP contribution in [-0.4, -0.2) is 30.6 Å². The van der Waals surface area contributed by atoms with Crippen molar-refractivity contribution in [2.24, 2.45) is 5.73 Å². The number of amides is 1. The molecule has 0 radical (unpaired) electrons. The molecule has 0 spiro atoms. The van der Waals surface area contributed by atoms with E-state index in [-0.39, 0.29) is 12.3 Å². The summed E-state index contributed by atoms with van der Waals surface area (Å²) in [6.45, 7) is 2.49. The maximum Gasteiger partial charge on any atom is 0.269 e. The molecule has 0 aliphatic carbocycles. The van der Waals surface area contributed by atoms with Crippen LogP contribution in [0.2, 0.25) is 0 Å². The second-order valence-corrected chi connectivity index (χ2v) is 3.70.